The Bertz CT molecular complexity index is 750. The molecule has 2 heterocycles. The highest BCUT2D eigenvalue weighted by Gasteiger charge is 2.43. The van der Waals surface area contributed by atoms with Crippen molar-refractivity contribution >= 4 is 33.5 Å². The lowest BCUT2D eigenvalue weighted by atomic mass is 10.2. The van der Waals surface area contributed by atoms with E-state index in [0.717, 1.165) is 5.69 Å². The largest absolute Gasteiger partial charge is 0.465 e. The van der Waals surface area contributed by atoms with Gasteiger partial charge in [-0.05, 0) is 38.0 Å². The van der Waals surface area contributed by atoms with Gasteiger partial charge in [-0.3, -0.25) is 4.79 Å². The summed E-state index contributed by atoms with van der Waals surface area (Å²) in [6.07, 6.45) is 1.19. The van der Waals surface area contributed by atoms with Crippen molar-refractivity contribution in [2.24, 2.45) is 0 Å². The van der Waals surface area contributed by atoms with Crippen LogP contribution in [0.2, 0.25) is 5.02 Å². The summed E-state index contributed by atoms with van der Waals surface area (Å²) in [5.41, 5.74) is 0.986. The molecule has 0 unspecified atom stereocenters. The highest BCUT2D eigenvalue weighted by molar-refractivity contribution is 7.86. The standard InChI is InChI=1S/C17H24ClN3O4S/c1-2-25-17(22)16-7-4-8-21(16)26(23,24)20-11-9-19(10-12-20)15-6-3-5-14(18)13-15/h3,5-6,13,16H,2,4,7-12H2,1H3/t16-/m0/s1. The number of halogens is 1. The Hall–Kier alpha value is -1.35. The number of hydrogen-bond acceptors (Lipinski definition) is 5. The minimum Gasteiger partial charge on any atom is -0.465 e. The zero-order valence-corrected chi connectivity index (χ0v) is 16.4. The summed E-state index contributed by atoms with van der Waals surface area (Å²) in [6, 6.07) is 6.84. The number of nitrogens with zero attached hydrogens (tertiary/aromatic N) is 3. The summed E-state index contributed by atoms with van der Waals surface area (Å²) in [6.45, 7) is 4.25. The number of ether oxygens (including phenoxy) is 1. The molecular formula is C17H24ClN3O4S. The van der Waals surface area contributed by atoms with Crippen molar-refractivity contribution in [2.45, 2.75) is 25.8 Å². The van der Waals surface area contributed by atoms with Gasteiger partial charge in [-0.15, -0.1) is 0 Å². The molecule has 26 heavy (non-hydrogen) atoms. The van der Waals surface area contributed by atoms with E-state index in [1.54, 1.807) is 6.92 Å². The van der Waals surface area contributed by atoms with E-state index in [-0.39, 0.29) is 6.61 Å². The van der Waals surface area contributed by atoms with Gasteiger partial charge in [0.05, 0.1) is 6.61 Å². The SMILES string of the molecule is CCOC(=O)[C@@H]1CCCN1S(=O)(=O)N1CCN(c2cccc(Cl)c2)CC1. The van der Waals surface area contributed by atoms with Crippen LogP contribution in [0.25, 0.3) is 0 Å². The lowest BCUT2D eigenvalue weighted by Crippen LogP contribution is -2.55. The fraction of sp³-hybridized carbons (Fsp3) is 0.588. The van der Waals surface area contributed by atoms with Crippen molar-refractivity contribution < 1.29 is 17.9 Å². The van der Waals surface area contributed by atoms with Gasteiger partial charge in [0.1, 0.15) is 6.04 Å². The van der Waals surface area contributed by atoms with Crippen LogP contribution in [0.4, 0.5) is 5.69 Å². The number of hydrogen-bond donors (Lipinski definition) is 0. The Labute approximate surface area is 159 Å². The Morgan fingerprint density at radius 1 is 1.23 bits per heavy atom. The molecule has 0 aliphatic carbocycles. The third-order valence-electron chi connectivity index (χ3n) is 4.80. The van der Waals surface area contributed by atoms with Crippen molar-refractivity contribution in [1.29, 1.82) is 0 Å². The van der Waals surface area contributed by atoms with Crippen LogP contribution in [0.3, 0.4) is 0 Å². The van der Waals surface area contributed by atoms with Gasteiger partial charge in [-0.2, -0.15) is 17.0 Å². The maximum absolute atomic E-state index is 13.0. The zero-order valence-electron chi connectivity index (χ0n) is 14.8. The first-order chi connectivity index (χ1) is 12.4. The third-order valence-corrected chi connectivity index (χ3v) is 7.08. The number of rotatable bonds is 5. The topological polar surface area (TPSA) is 70.2 Å². The zero-order chi connectivity index (χ0) is 18.7. The van der Waals surface area contributed by atoms with Crippen LogP contribution >= 0.6 is 11.6 Å². The lowest BCUT2D eigenvalue weighted by Gasteiger charge is -2.37. The third kappa shape index (κ3) is 3.98. The Kier molecular flexibility index (Phi) is 6.06. The van der Waals surface area contributed by atoms with Gasteiger partial charge in [0.2, 0.25) is 0 Å². The molecule has 1 aromatic carbocycles. The predicted molar refractivity (Wildman–Crippen MR) is 101 cm³/mol. The van der Waals surface area contributed by atoms with Crippen molar-refractivity contribution in [3.63, 3.8) is 0 Å². The molecule has 0 amide bonds. The average molecular weight is 402 g/mol. The van der Waals surface area contributed by atoms with Crippen LogP contribution in [0.1, 0.15) is 19.8 Å². The van der Waals surface area contributed by atoms with Gasteiger partial charge in [0.25, 0.3) is 10.2 Å². The molecule has 0 spiro atoms. The van der Waals surface area contributed by atoms with Crippen LogP contribution in [0.15, 0.2) is 24.3 Å². The number of esters is 1. The molecular weight excluding hydrogens is 378 g/mol. The first kappa shape index (κ1) is 19.4. The van der Waals surface area contributed by atoms with Gasteiger partial charge in [-0.1, -0.05) is 17.7 Å². The molecule has 2 fully saturated rings. The summed E-state index contributed by atoms with van der Waals surface area (Å²) < 4.78 is 33.8. The fourth-order valence-electron chi connectivity index (χ4n) is 3.49. The van der Waals surface area contributed by atoms with Crippen molar-refractivity contribution in [3.05, 3.63) is 29.3 Å². The van der Waals surface area contributed by atoms with E-state index in [1.807, 2.05) is 24.3 Å². The predicted octanol–water partition coefficient (Wildman–Crippen LogP) is 1.73. The summed E-state index contributed by atoms with van der Waals surface area (Å²) in [5, 5.41) is 0.659. The van der Waals surface area contributed by atoms with E-state index in [2.05, 4.69) is 4.90 Å². The number of piperazine rings is 1. The highest BCUT2D eigenvalue weighted by Crippen LogP contribution is 2.26. The first-order valence-corrected chi connectivity index (χ1v) is 10.6. The molecule has 2 aliphatic rings. The van der Waals surface area contributed by atoms with Crippen molar-refractivity contribution in [2.75, 3.05) is 44.2 Å². The summed E-state index contributed by atoms with van der Waals surface area (Å²) in [7, 11) is -3.67. The molecule has 0 bridgehead atoms. The number of anilines is 1. The molecule has 0 N–H and O–H groups in total. The van der Waals surface area contributed by atoms with Gasteiger partial charge >= 0.3 is 5.97 Å². The van der Waals surface area contributed by atoms with E-state index in [0.29, 0.717) is 50.6 Å². The van der Waals surface area contributed by atoms with E-state index in [9.17, 15) is 13.2 Å². The van der Waals surface area contributed by atoms with Gasteiger partial charge in [-0.25, -0.2) is 0 Å². The molecule has 1 aromatic rings. The first-order valence-electron chi connectivity index (χ1n) is 8.87. The second kappa shape index (κ2) is 8.12. The maximum atomic E-state index is 13.0. The second-order valence-electron chi connectivity index (χ2n) is 6.39. The van der Waals surface area contributed by atoms with Gasteiger partial charge in [0, 0.05) is 43.4 Å². The average Bonchev–Trinajstić information content (AvgIpc) is 3.13. The molecule has 2 saturated heterocycles. The molecule has 1 atom stereocenters. The molecule has 9 heteroatoms. The van der Waals surface area contributed by atoms with E-state index in [1.165, 1.54) is 8.61 Å². The van der Waals surface area contributed by atoms with Crippen LogP contribution in [0, 0.1) is 0 Å². The lowest BCUT2D eigenvalue weighted by molar-refractivity contribution is -0.146. The molecule has 2 aliphatic heterocycles. The highest BCUT2D eigenvalue weighted by atomic mass is 35.5. The summed E-state index contributed by atoms with van der Waals surface area (Å²) in [4.78, 5) is 14.2. The Balaban J connectivity index is 1.67. The van der Waals surface area contributed by atoms with E-state index < -0.39 is 22.2 Å². The smallest absolute Gasteiger partial charge is 0.324 e. The molecule has 7 nitrogen and oxygen atoms in total. The molecule has 0 aromatic heterocycles. The van der Waals surface area contributed by atoms with Crippen LogP contribution in [0.5, 0.6) is 0 Å². The fourth-order valence-corrected chi connectivity index (χ4v) is 5.47. The number of carbonyl (C=O) groups is 1. The monoisotopic (exact) mass is 401 g/mol. The van der Waals surface area contributed by atoms with E-state index >= 15 is 0 Å². The quantitative estimate of drug-likeness (QED) is 0.703. The van der Waals surface area contributed by atoms with Crippen LogP contribution in [-0.4, -0.2) is 68.4 Å². The minimum absolute atomic E-state index is 0.252. The normalized spacial score (nSPS) is 22.5. The van der Waals surface area contributed by atoms with Gasteiger partial charge < -0.3 is 9.64 Å². The van der Waals surface area contributed by atoms with Crippen molar-refractivity contribution in [3.8, 4) is 0 Å². The molecule has 3 rings (SSSR count). The number of carbonyl (C=O) groups excluding carboxylic acids is 1. The molecule has 144 valence electrons. The van der Waals surface area contributed by atoms with E-state index in [4.69, 9.17) is 16.3 Å². The van der Waals surface area contributed by atoms with Crippen molar-refractivity contribution in [1.82, 2.24) is 8.61 Å². The Morgan fingerprint density at radius 3 is 2.62 bits per heavy atom. The summed E-state index contributed by atoms with van der Waals surface area (Å²) >= 11 is 6.04. The van der Waals surface area contributed by atoms with Crippen LogP contribution < -0.4 is 4.90 Å². The maximum Gasteiger partial charge on any atom is 0.324 e. The summed E-state index contributed by atoms with van der Waals surface area (Å²) in [5.74, 6) is -0.453. The minimum atomic E-state index is -3.67. The second-order valence-corrected chi connectivity index (χ2v) is 8.71. The molecule has 0 saturated carbocycles. The molecule has 0 radical (unpaired) electrons. The Morgan fingerprint density at radius 2 is 1.96 bits per heavy atom. The van der Waals surface area contributed by atoms with Gasteiger partial charge in [0.15, 0.2) is 0 Å². The number of benzene rings is 1. The van der Waals surface area contributed by atoms with Crippen LogP contribution in [-0.2, 0) is 19.7 Å².